The van der Waals surface area contributed by atoms with Gasteiger partial charge in [-0.25, -0.2) is 4.79 Å². The van der Waals surface area contributed by atoms with Crippen molar-refractivity contribution in [3.63, 3.8) is 0 Å². The highest BCUT2D eigenvalue weighted by Crippen LogP contribution is 2.24. The van der Waals surface area contributed by atoms with Gasteiger partial charge < -0.3 is 9.64 Å². The van der Waals surface area contributed by atoms with Gasteiger partial charge in [0.1, 0.15) is 5.60 Å². The Morgan fingerprint density at radius 1 is 1.27 bits per heavy atom. The number of carbonyl (C=O) groups excluding carboxylic acids is 2. The number of ether oxygens (including phenoxy) is 1. The van der Waals surface area contributed by atoms with Gasteiger partial charge in [-0.15, -0.1) is 0 Å². The Hall–Kier alpha value is -1.36. The topological polar surface area (TPSA) is 46.6 Å². The lowest BCUT2D eigenvalue weighted by atomic mass is 10.0. The summed E-state index contributed by atoms with van der Waals surface area (Å²) in [6, 6.07) is 7.25. The fraction of sp³-hybridized carbons (Fsp3) is 0.529. The summed E-state index contributed by atoms with van der Waals surface area (Å²) in [5.74, 6) is 0.0629. The van der Waals surface area contributed by atoms with Crippen molar-refractivity contribution < 1.29 is 14.3 Å². The van der Waals surface area contributed by atoms with Crippen LogP contribution in [0.2, 0.25) is 0 Å². The molecule has 2 rings (SSSR count). The summed E-state index contributed by atoms with van der Waals surface area (Å²) in [4.78, 5) is 26.3. The number of nitrogens with zero attached hydrogens (tertiary/aromatic N) is 1. The summed E-state index contributed by atoms with van der Waals surface area (Å²) < 4.78 is 6.37. The molecule has 1 fully saturated rings. The predicted octanol–water partition coefficient (Wildman–Crippen LogP) is 4.42. The summed E-state index contributed by atoms with van der Waals surface area (Å²) in [6.45, 7) is 6.21. The molecule has 0 aliphatic carbocycles. The molecule has 1 amide bonds. The summed E-state index contributed by atoms with van der Waals surface area (Å²) >= 11 is 3.36. The third-order valence-corrected chi connectivity index (χ3v) is 4.12. The van der Waals surface area contributed by atoms with Crippen LogP contribution in [0.3, 0.4) is 0 Å². The zero-order valence-electron chi connectivity index (χ0n) is 13.3. The number of halogens is 1. The van der Waals surface area contributed by atoms with Crippen molar-refractivity contribution in [1.82, 2.24) is 4.90 Å². The predicted molar refractivity (Wildman–Crippen MR) is 89.1 cm³/mol. The van der Waals surface area contributed by atoms with Crippen molar-refractivity contribution >= 4 is 27.8 Å². The fourth-order valence-electron chi connectivity index (χ4n) is 2.58. The van der Waals surface area contributed by atoms with E-state index >= 15 is 0 Å². The van der Waals surface area contributed by atoms with Gasteiger partial charge in [0.2, 0.25) is 0 Å². The number of Topliss-reactive ketones (excluding diaryl/α,β-unsaturated/α-hetero) is 1. The second kappa shape index (κ2) is 6.82. The lowest BCUT2D eigenvalue weighted by Crippen LogP contribution is -2.40. The largest absolute Gasteiger partial charge is 0.444 e. The van der Waals surface area contributed by atoms with E-state index in [4.69, 9.17) is 4.74 Å². The number of likely N-dealkylation sites (tertiary alicyclic amines) is 1. The zero-order chi connectivity index (χ0) is 16.3. The molecule has 1 aliphatic heterocycles. The third kappa shape index (κ3) is 4.57. The molecule has 1 heterocycles. The minimum atomic E-state index is -0.514. The van der Waals surface area contributed by atoms with Crippen molar-refractivity contribution in [2.45, 2.75) is 51.7 Å². The molecule has 1 aromatic carbocycles. The molecule has 0 N–H and O–H groups in total. The summed E-state index contributed by atoms with van der Waals surface area (Å²) in [5, 5.41) is 0. The SMILES string of the molecule is CC(C)(C)OC(=O)N1CCC[C@H]1CC(=O)c1ccc(Br)cc1. The Labute approximate surface area is 140 Å². The van der Waals surface area contributed by atoms with Gasteiger partial charge >= 0.3 is 6.09 Å². The summed E-state index contributed by atoms with van der Waals surface area (Å²) in [5.41, 5.74) is 0.166. The number of carbonyl (C=O) groups is 2. The Bertz CT molecular complexity index is 548. The van der Waals surface area contributed by atoms with Gasteiger partial charge in [-0.3, -0.25) is 4.79 Å². The highest BCUT2D eigenvalue weighted by Gasteiger charge is 2.33. The highest BCUT2D eigenvalue weighted by molar-refractivity contribution is 9.10. The van der Waals surface area contributed by atoms with Gasteiger partial charge in [-0.1, -0.05) is 28.1 Å². The second-order valence-electron chi connectivity index (χ2n) is 6.60. The van der Waals surface area contributed by atoms with Gasteiger partial charge in [-0.05, 0) is 45.7 Å². The van der Waals surface area contributed by atoms with Gasteiger partial charge in [0, 0.05) is 29.0 Å². The quantitative estimate of drug-likeness (QED) is 0.742. The Balaban J connectivity index is 2.00. The maximum Gasteiger partial charge on any atom is 0.410 e. The van der Waals surface area contributed by atoms with Gasteiger partial charge in [0.05, 0.1) is 0 Å². The Kier molecular flexibility index (Phi) is 5.27. The van der Waals surface area contributed by atoms with E-state index in [-0.39, 0.29) is 17.9 Å². The second-order valence-corrected chi connectivity index (χ2v) is 7.52. The summed E-state index contributed by atoms with van der Waals surface area (Å²) in [6.07, 6.45) is 1.79. The van der Waals surface area contributed by atoms with E-state index in [0.717, 1.165) is 17.3 Å². The van der Waals surface area contributed by atoms with Crippen molar-refractivity contribution in [3.8, 4) is 0 Å². The van der Waals surface area contributed by atoms with Gasteiger partial charge in [0.25, 0.3) is 0 Å². The van der Waals surface area contributed by atoms with Crippen molar-refractivity contribution in [2.24, 2.45) is 0 Å². The average molecular weight is 368 g/mol. The first-order valence-electron chi connectivity index (χ1n) is 7.54. The van der Waals surface area contributed by atoms with Crippen molar-refractivity contribution in [3.05, 3.63) is 34.3 Å². The van der Waals surface area contributed by atoms with Crippen LogP contribution >= 0.6 is 15.9 Å². The van der Waals surface area contributed by atoms with Crippen LogP contribution in [0.15, 0.2) is 28.7 Å². The van der Waals surface area contributed by atoms with E-state index < -0.39 is 5.60 Å². The van der Waals surface area contributed by atoms with E-state index in [2.05, 4.69) is 15.9 Å². The number of hydrogen-bond acceptors (Lipinski definition) is 3. The lowest BCUT2D eigenvalue weighted by Gasteiger charge is -2.28. The minimum Gasteiger partial charge on any atom is -0.444 e. The molecule has 1 saturated heterocycles. The number of ketones is 1. The molecule has 0 unspecified atom stereocenters. The molecule has 0 bridgehead atoms. The smallest absolute Gasteiger partial charge is 0.410 e. The van der Waals surface area contributed by atoms with Crippen molar-refractivity contribution in [2.75, 3.05) is 6.54 Å². The molecule has 1 atom stereocenters. The maximum atomic E-state index is 12.4. The molecule has 1 aliphatic rings. The molecule has 22 heavy (non-hydrogen) atoms. The van der Waals surface area contributed by atoms with E-state index in [1.807, 2.05) is 32.9 Å². The van der Waals surface area contributed by atoms with E-state index in [9.17, 15) is 9.59 Å². The van der Waals surface area contributed by atoms with Crippen LogP contribution in [-0.4, -0.2) is 35.0 Å². The molecule has 5 heteroatoms. The molecular formula is C17H22BrNO3. The molecule has 1 aromatic rings. The van der Waals surface area contributed by atoms with Crippen LogP contribution in [0.4, 0.5) is 4.79 Å². The summed E-state index contributed by atoms with van der Waals surface area (Å²) in [7, 11) is 0. The molecule has 0 aromatic heterocycles. The first-order valence-corrected chi connectivity index (χ1v) is 8.34. The molecule has 4 nitrogen and oxygen atoms in total. The molecular weight excluding hydrogens is 346 g/mol. The average Bonchev–Trinajstić information content (AvgIpc) is 2.85. The first-order chi connectivity index (χ1) is 10.3. The zero-order valence-corrected chi connectivity index (χ0v) is 14.9. The monoisotopic (exact) mass is 367 g/mol. The standard InChI is InChI=1S/C17H22BrNO3/c1-17(2,3)22-16(21)19-10-4-5-14(19)11-15(20)12-6-8-13(18)9-7-12/h6-9,14H,4-5,10-11H2,1-3H3/t14-/m0/s1. The van der Waals surface area contributed by atoms with Crippen LogP contribution in [0, 0.1) is 0 Å². The third-order valence-electron chi connectivity index (χ3n) is 3.59. The normalized spacial score (nSPS) is 18.4. The minimum absolute atomic E-state index is 0.0629. The number of amides is 1. The molecule has 0 spiro atoms. The van der Waals surface area contributed by atoms with Crippen molar-refractivity contribution in [1.29, 1.82) is 0 Å². The number of hydrogen-bond donors (Lipinski definition) is 0. The van der Waals surface area contributed by atoms with E-state index in [0.29, 0.717) is 18.5 Å². The Morgan fingerprint density at radius 3 is 2.50 bits per heavy atom. The Morgan fingerprint density at radius 2 is 1.91 bits per heavy atom. The van der Waals surface area contributed by atoms with Crippen LogP contribution in [0.5, 0.6) is 0 Å². The highest BCUT2D eigenvalue weighted by atomic mass is 79.9. The van der Waals surface area contributed by atoms with Crippen LogP contribution < -0.4 is 0 Å². The molecule has 0 radical (unpaired) electrons. The first kappa shape index (κ1) is 17.0. The van der Waals surface area contributed by atoms with Gasteiger partial charge in [-0.2, -0.15) is 0 Å². The number of benzene rings is 1. The van der Waals surface area contributed by atoms with Gasteiger partial charge in [0.15, 0.2) is 5.78 Å². The number of rotatable bonds is 3. The van der Waals surface area contributed by atoms with E-state index in [1.54, 1.807) is 17.0 Å². The van der Waals surface area contributed by atoms with Crippen LogP contribution in [0.1, 0.15) is 50.4 Å². The molecule has 0 saturated carbocycles. The van der Waals surface area contributed by atoms with E-state index in [1.165, 1.54) is 0 Å². The fourth-order valence-corrected chi connectivity index (χ4v) is 2.84. The van der Waals surface area contributed by atoms with Crippen LogP contribution in [0.25, 0.3) is 0 Å². The molecule has 120 valence electrons. The lowest BCUT2D eigenvalue weighted by molar-refractivity contribution is 0.0223. The maximum absolute atomic E-state index is 12.4. The van der Waals surface area contributed by atoms with Crippen LogP contribution in [-0.2, 0) is 4.74 Å².